The minimum atomic E-state index is -1.31. The van der Waals surface area contributed by atoms with E-state index in [0.29, 0.717) is 16.8 Å². The van der Waals surface area contributed by atoms with Crippen LogP contribution in [0.1, 0.15) is 33.5 Å². The van der Waals surface area contributed by atoms with Crippen LogP contribution in [-0.4, -0.2) is 37.0 Å². The quantitative estimate of drug-likeness (QED) is 0.282. The van der Waals surface area contributed by atoms with Crippen molar-refractivity contribution in [2.24, 2.45) is 0 Å². The molecule has 3 aromatic carbocycles. The lowest BCUT2D eigenvalue weighted by atomic mass is 10.0. The lowest BCUT2D eigenvalue weighted by Crippen LogP contribution is -2.19. The highest BCUT2D eigenvalue weighted by Gasteiger charge is 2.17. The van der Waals surface area contributed by atoms with Gasteiger partial charge in [0, 0.05) is 25.2 Å². The average Bonchev–Trinajstić information content (AvgIpc) is 2.84. The average molecular weight is 466 g/mol. The molecule has 3 N–H and O–H groups in total. The summed E-state index contributed by atoms with van der Waals surface area (Å²) in [6, 6.07) is 20.5. The summed E-state index contributed by atoms with van der Waals surface area (Å²) < 4.78 is 0. The Morgan fingerprint density at radius 3 is 2.23 bits per heavy atom. The third kappa shape index (κ3) is 6.70. The van der Waals surface area contributed by atoms with E-state index in [0.717, 1.165) is 5.56 Å². The van der Waals surface area contributed by atoms with Crippen molar-refractivity contribution in [2.45, 2.75) is 6.42 Å². The highest BCUT2D eigenvalue weighted by molar-refractivity contribution is 6.12. The Labute approximate surface area is 202 Å². The van der Waals surface area contributed by atoms with E-state index in [9.17, 15) is 19.5 Å². The van der Waals surface area contributed by atoms with Crippen molar-refractivity contribution in [1.82, 2.24) is 0 Å². The molecule has 0 saturated carbocycles. The first kappa shape index (κ1) is 24.6. The summed E-state index contributed by atoms with van der Waals surface area (Å²) in [6.45, 7) is 0. The van der Waals surface area contributed by atoms with Crippen molar-refractivity contribution >= 4 is 34.8 Å². The summed E-state index contributed by atoms with van der Waals surface area (Å²) in [7, 11) is 3.58. The summed E-state index contributed by atoms with van der Waals surface area (Å²) >= 11 is 0. The summed E-state index contributed by atoms with van der Waals surface area (Å²) in [6.07, 6.45) is -1.79. The van der Waals surface area contributed by atoms with Gasteiger partial charge in [-0.2, -0.15) is 5.26 Å². The topological polar surface area (TPSA) is 123 Å². The van der Waals surface area contributed by atoms with Crippen LogP contribution in [0.5, 0.6) is 0 Å². The number of carboxylic acid groups (broad SMARTS) is 1. The van der Waals surface area contributed by atoms with Crippen molar-refractivity contribution in [3.63, 3.8) is 0 Å². The van der Waals surface area contributed by atoms with E-state index in [4.69, 9.17) is 5.26 Å². The largest absolute Gasteiger partial charge is 0.465 e. The molecule has 0 aliphatic heterocycles. The number of benzene rings is 3. The Bertz CT molecular complexity index is 1380. The molecule has 0 atom stereocenters. The maximum absolute atomic E-state index is 12.7. The number of carbonyl (C=O) groups excluding carboxylic acids is 2. The van der Waals surface area contributed by atoms with E-state index in [1.165, 1.54) is 12.1 Å². The van der Waals surface area contributed by atoms with Crippen LogP contribution in [0.4, 0.5) is 21.9 Å². The van der Waals surface area contributed by atoms with Gasteiger partial charge in [-0.15, -0.1) is 0 Å². The van der Waals surface area contributed by atoms with E-state index in [1.54, 1.807) is 43.3 Å². The van der Waals surface area contributed by atoms with Gasteiger partial charge in [-0.05, 0) is 36.4 Å². The number of rotatable bonds is 6. The number of Topliss-reactive ketones (excluding diaryl/α,β-unsaturated/α-hetero) is 1. The van der Waals surface area contributed by atoms with E-state index < -0.39 is 24.2 Å². The fourth-order valence-corrected chi connectivity index (χ4v) is 3.25. The number of carbonyl (C=O) groups is 3. The van der Waals surface area contributed by atoms with Gasteiger partial charge in [0.05, 0.1) is 40.7 Å². The molecule has 2 amide bonds. The molecule has 0 heterocycles. The third-order valence-electron chi connectivity index (χ3n) is 4.88. The number of nitrogens with zero attached hydrogens (tertiary/aromatic N) is 2. The van der Waals surface area contributed by atoms with Gasteiger partial charge in [0.15, 0.2) is 5.78 Å². The molecule has 3 aromatic rings. The van der Waals surface area contributed by atoms with Crippen LogP contribution >= 0.6 is 0 Å². The molecule has 8 heteroatoms. The second-order valence-corrected chi connectivity index (χ2v) is 7.70. The predicted octanol–water partition coefficient (Wildman–Crippen LogP) is 4.33. The summed E-state index contributed by atoms with van der Waals surface area (Å²) in [4.78, 5) is 38.4. The first-order chi connectivity index (χ1) is 16.8. The summed E-state index contributed by atoms with van der Waals surface area (Å²) in [5.41, 5.74) is 2.83. The molecule has 0 unspecified atom stereocenters. The van der Waals surface area contributed by atoms with Crippen LogP contribution in [-0.2, 0) is 4.79 Å². The van der Waals surface area contributed by atoms with Crippen LogP contribution in [0.25, 0.3) is 0 Å². The van der Waals surface area contributed by atoms with Crippen molar-refractivity contribution in [3.8, 4) is 17.9 Å². The summed E-state index contributed by atoms with van der Waals surface area (Å²) in [5, 5.41) is 23.2. The number of hydrogen-bond acceptors (Lipinski definition) is 5. The molecule has 0 spiro atoms. The van der Waals surface area contributed by atoms with Gasteiger partial charge >= 0.3 is 6.09 Å². The Morgan fingerprint density at radius 1 is 0.886 bits per heavy atom. The zero-order chi connectivity index (χ0) is 25.4. The molecular weight excluding hydrogens is 444 g/mol. The van der Waals surface area contributed by atoms with Crippen molar-refractivity contribution in [3.05, 3.63) is 89.0 Å². The molecule has 0 radical (unpaired) electrons. The number of nitriles is 1. The number of anilines is 3. The van der Waals surface area contributed by atoms with Gasteiger partial charge in [0.25, 0.3) is 0 Å². The first-order valence-electron chi connectivity index (χ1n) is 10.5. The zero-order valence-corrected chi connectivity index (χ0v) is 19.1. The van der Waals surface area contributed by atoms with E-state index in [2.05, 4.69) is 22.5 Å². The van der Waals surface area contributed by atoms with E-state index in [-0.39, 0.29) is 16.9 Å². The first-order valence-corrected chi connectivity index (χ1v) is 10.5. The Morgan fingerprint density at radius 2 is 1.57 bits per heavy atom. The Kier molecular flexibility index (Phi) is 7.84. The molecule has 0 aliphatic carbocycles. The maximum Gasteiger partial charge on any atom is 0.409 e. The van der Waals surface area contributed by atoms with Crippen LogP contribution in [0.3, 0.4) is 0 Å². The molecule has 0 fully saturated rings. The van der Waals surface area contributed by atoms with E-state index >= 15 is 0 Å². The normalized spacial score (nSPS) is 9.74. The molecule has 0 aromatic heterocycles. The zero-order valence-electron chi connectivity index (χ0n) is 19.1. The van der Waals surface area contributed by atoms with Gasteiger partial charge in [-0.3, -0.25) is 14.9 Å². The van der Waals surface area contributed by atoms with Gasteiger partial charge in [-0.25, -0.2) is 4.79 Å². The molecule has 35 heavy (non-hydrogen) atoms. The summed E-state index contributed by atoms with van der Waals surface area (Å²) in [5.74, 6) is 5.02. The van der Waals surface area contributed by atoms with Gasteiger partial charge < -0.3 is 15.3 Å². The fraction of sp³-hybridized carbons (Fsp3) is 0.111. The van der Waals surface area contributed by atoms with Crippen LogP contribution in [0.2, 0.25) is 0 Å². The predicted molar refractivity (Wildman–Crippen MR) is 134 cm³/mol. The lowest BCUT2D eigenvalue weighted by Gasteiger charge is -2.19. The van der Waals surface area contributed by atoms with Crippen LogP contribution in [0, 0.1) is 23.2 Å². The van der Waals surface area contributed by atoms with Crippen LogP contribution < -0.4 is 15.5 Å². The Hall–Kier alpha value is -5.08. The van der Waals surface area contributed by atoms with Crippen molar-refractivity contribution in [1.29, 1.82) is 5.26 Å². The minimum Gasteiger partial charge on any atom is -0.465 e. The van der Waals surface area contributed by atoms with Gasteiger partial charge in [0.2, 0.25) is 5.91 Å². The van der Waals surface area contributed by atoms with Crippen LogP contribution in [0.15, 0.2) is 66.7 Å². The fourth-order valence-electron chi connectivity index (χ4n) is 3.25. The molecule has 174 valence electrons. The Balaban J connectivity index is 1.93. The number of amides is 2. The third-order valence-corrected chi connectivity index (χ3v) is 4.88. The monoisotopic (exact) mass is 466 g/mol. The second-order valence-electron chi connectivity index (χ2n) is 7.70. The molecule has 0 bridgehead atoms. The highest BCUT2D eigenvalue weighted by atomic mass is 16.4. The lowest BCUT2D eigenvalue weighted by molar-refractivity contribution is -0.115. The number of hydrogen-bond donors (Lipinski definition) is 3. The smallest absolute Gasteiger partial charge is 0.409 e. The maximum atomic E-state index is 12.7. The van der Waals surface area contributed by atoms with Crippen molar-refractivity contribution in [2.75, 3.05) is 29.6 Å². The minimum absolute atomic E-state index is 0.138. The van der Waals surface area contributed by atoms with Gasteiger partial charge in [-0.1, -0.05) is 42.2 Å². The second kappa shape index (κ2) is 11.2. The molecular formula is C27H22N4O4. The highest BCUT2D eigenvalue weighted by Crippen LogP contribution is 2.31. The molecule has 0 aliphatic rings. The SMILES string of the molecule is CN(C)c1cc(NC(=O)O)c(NC(=O)CC(=O)c2cccc(C#N)c2)cc1C#Cc1ccccc1. The van der Waals surface area contributed by atoms with E-state index in [1.807, 2.05) is 36.4 Å². The molecule has 3 rings (SSSR count). The number of nitrogens with one attached hydrogen (secondary N) is 2. The molecule has 0 saturated heterocycles. The van der Waals surface area contributed by atoms with Crippen molar-refractivity contribution < 1.29 is 19.5 Å². The number of ketones is 1. The standard InChI is InChI=1S/C27H22N4O4/c1-31(2)24-15-23(30-27(34)35)22(14-20(24)12-11-18-7-4-3-5-8-18)29-26(33)16-25(32)21-10-6-9-19(13-21)17-28/h3-10,13-15,30H,16H2,1-2H3,(H,29,33)(H,34,35). The van der Waals surface area contributed by atoms with Gasteiger partial charge in [0.1, 0.15) is 0 Å². The molecule has 8 nitrogen and oxygen atoms in total.